The van der Waals surface area contributed by atoms with Gasteiger partial charge < -0.3 is 5.32 Å². The zero-order chi connectivity index (χ0) is 14.5. The highest BCUT2D eigenvalue weighted by Gasteiger charge is 2.13. The molecular formula is C15H9F2N3. The highest BCUT2D eigenvalue weighted by Crippen LogP contribution is 2.21. The van der Waals surface area contributed by atoms with Crippen LogP contribution in [-0.2, 0) is 0 Å². The molecular weight excluding hydrogens is 260 g/mol. The van der Waals surface area contributed by atoms with Crippen molar-refractivity contribution in [2.75, 3.05) is 5.32 Å². The van der Waals surface area contributed by atoms with Crippen LogP contribution in [0.3, 0.4) is 0 Å². The molecule has 0 aliphatic rings. The Bertz CT molecular complexity index is 714. The van der Waals surface area contributed by atoms with Crippen molar-refractivity contribution in [3.8, 4) is 12.1 Å². The SMILES string of the molecule is N#Cc1cc(C(C#N)Nc2cccc(F)c2)ccc1F. The number of hydrogen-bond donors (Lipinski definition) is 1. The first kappa shape index (κ1) is 13.5. The van der Waals surface area contributed by atoms with Gasteiger partial charge in [0, 0.05) is 5.69 Å². The summed E-state index contributed by atoms with van der Waals surface area (Å²) in [6.45, 7) is 0. The Morgan fingerprint density at radius 3 is 2.50 bits per heavy atom. The largest absolute Gasteiger partial charge is 0.366 e. The maximum atomic E-state index is 13.2. The van der Waals surface area contributed by atoms with E-state index in [2.05, 4.69) is 5.32 Å². The molecule has 0 aliphatic heterocycles. The van der Waals surface area contributed by atoms with Crippen molar-refractivity contribution < 1.29 is 8.78 Å². The number of benzene rings is 2. The van der Waals surface area contributed by atoms with Crippen molar-refractivity contribution in [3.63, 3.8) is 0 Å². The maximum Gasteiger partial charge on any atom is 0.140 e. The summed E-state index contributed by atoms with van der Waals surface area (Å²) in [6.07, 6.45) is 0. The predicted octanol–water partition coefficient (Wildman–Crippen LogP) is 3.51. The minimum atomic E-state index is -0.801. The number of hydrogen-bond acceptors (Lipinski definition) is 3. The summed E-state index contributed by atoms with van der Waals surface area (Å²) in [4.78, 5) is 0. The van der Waals surface area contributed by atoms with E-state index in [9.17, 15) is 8.78 Å². The Kier molecular flexibility index (Phi) is 3.93. The first-order valence-electron chi connectivity index (χ1n) is 5.75. The highest BCUT2D eigenvalue weighted by atomic mass is 19.1. The molecule has 2 rings (SSSR count). The number of halogens is 2. The van der Waals surface area contributed by atoms with Gasteiger partial charge in [-0.3, -0.25) is 0 Å². The number of rotatable bonds is 3. The van der Waals surface area contributed by atoms with Crippen LogP contribution in [0.15, 0.2) is 42.5 Å². The van der Waals surface area contributed by atoms with E-state index in [0.717, 1.165) is 6.07 Å². The topological polar surface area (TPSA) is 59.6 Å². The molecule has 0 fully saturated rings. The van der Waals surface area contributed by atoms with Gasteiger partial charge in [-0.05, 0) is 35.9 Å². The molecule has 0 saturated carbocycles. The van der Waals surface area contributed by atoms with Gasteiger partial charge in [0.25, 0.3) is 0 Å². The molecule has 0 aliphatic carbocycles. The lowest BCUT2D eigenvalue weighted by Gasteiger charge is -2.13. The molecule has 5 heteroatoms. The monoisotopic (exact) mass is 269 g/mol. The average molecular weight is 269 g/mol. The summed E-state index contributed by atoms with van der Waals surface area (Å²) in [6, 6.07) is 12.4. The molecule has 0 amide bonds. The minimum Gasteiger partial charge on any atom is -0.366 e. The average Bonchev–Trinajstić information content (AvgIpc) is 2.45. The summed E-state index contributed by atoms with van der Waals surface area (Å²) >= 11 is 0. The van der Waals surface area contributed by atoms with Gasteiger partial charge in [-0.1, -0.05) is 12.1 Å². The van der Waals surface area contributed by atoms with Crippen LogP contribution in [-0.4, -0.2) is 0 Å². The van der Waals surface area contributed by atoms with Gasteiger partial charge >= 0.3 is 0 Å². The number of anilines is 1. The van der Waals surface area contributed by atoms with E-state index in [0.29, 0.717) is 11.3 Å². The van der Waals surface area contributed by atoms with Gasteiger partial charge in [-0.25, -0.2) is 8.78 Å². The molecule has 0 aromatic heterocycles. The predicted molar refractivity (Wildman–Crippen MR) is 69.5 cm³/mol. The highest BCUT2D eigenvalue weighted by molar-refractivity contribution is 5.48. The molecule has 2 aromatic carbocycles. The lowest BCUT2D eigenvalue weighted by molar-refractivity contribution is 0.623. The molecule has 1 unspecified atom stereocenters. The van der Waals surface area contributed by atoms with Crippen LogP contribution in [0.4, 0.5) is 14.5 Å². The smallest absolute Gasteiger partial charge is 0.140 e. The van der Waals surface area contributed by atoms with Crippen molar-refractivity contribution >= 4 is 5.69 Å². The lowest BCUT2D eigenvalue weighted by Crippen LogP contribution is -2.09. The van der Waals surface area contributed by atoms with Crippen molar-refractivity contribution in [1.29, 1.82) is 10.5 Å². The van der Waals surface area contributed by atoms with Crippen molar-refractivity contribution in [2.45, 2.75) is 6.04 Å². The van der Waals surface area contributed by atoms with Crippen LogP contribution in [0.5, 0.6) is 0 Å². The normalized spacial score (nSPS) is 11.2. The second-order valence-electron chi connectivity index (χ2n) is 4.07. The van der Waals surface area contributed by atoms with Gasteiger partial charge in [-0.2, -0.15) is 10.5 Å². The van der Waals surface area contributed by atoms with E-state index < -0.39 is 17.7 Å². The molecule has 1 atom stereocenters. The molecule has 20 heavy (non-hydrogen) atoms. The van der Waals surface area contributed by atoms with Crippen LogP contribution in [0.25, 0.3) is 0 Å². The van der Waals surface area contributed by atoms with Crippen molar-refractivity contribution in [2.24, 2.45) is 0 Å². The number of nitrogens with one attached hydrogen (secondary N) is 1. The van der Waals surface area contributed by atoms with Crippen LogP contribution in [0, 0.1) is 34.3 Å². The molecule has 0 bridgehead atoms. The van der Waals surface area contributed by atoms with Crippen LogP contribution < -0.4 is 5.32 Å². The molecule has 1 N–H and O–H groups in total. The Morgan fingerprint density at radius 1 is 1.05 bits per heavy atom. The van der Waals surface area contributed by atoms with Crippen LogP contribution >= 0.6 is 0 Å². The van der Waals surface area contributed by atoms with E-state index in [1.54, 1.807) is 12.1 Å². The fraction of sp³-hybridized carbons (Fsp3) is 0.0667. The first-order chi connectivity index (χ1) is 9.63. The second kappa shape index (κ2) is 5.81. The first-order valence-corrected chi connectivity index (χ1v) is 5.75. The fourth-order valence-corrected chi connectivity index (χ4v) is 1.74. The molecule has 0 spiro atoms. The Balaban J connectivity index is 2.30. The van der Waals surface area contributed by atoms with Crippen molar-refractivity contribution in [3.05, 3.63) is 65.2 Å². The lowest BCUT2D eigenvalue weighted by atomic mass is 10.0. The van der Waals surface area contributed by atoms with E-state index in [1.807, 2.05) is 6.07 Å². The fourth-order valence-electron chi connectivity index (χ4n) is 1.74. The van der Waals surface area contributed by atoms with Gasteiger partial charge in [-0.15, -0.1) is 0 Å². The molecule has 0 heterocycles. The van der Waals surface area contributed by atoms with E-state index >= 15 is 0 Å². The zero-order valence-corrected chi connectivity index (χ0v) is 10.3. The number of nitrogens with zero attached hydrogens (tertiary/aromatic N) is 2. The Labute approximate surface area is 114 Å². The molecule has 3 nitrogen and oxygen atoms in total. The van der Waals surface area contributed by atoms with Crippen LogP contribution in [0.2, 0.25) is 0 Å². The molecule has 2 aromatic rings. The van der Waals surface area contributed by atoms with Gasteiger partial charge in [0.15, 0.2) is 0 Å². The standard InChI is InChI=1S/C15H9F2N3/c16-12-2-1-3-13(7-12)20-15(9-19)10-4-5-14(17)11(6-10)8-18/h1-7,15,20H. The quantitative estimate of drug-likeness (QED) is 0.927. The van der Waals surface area contributed by atoms with E-state index in [4.69, 9.17) is 10.5 Å². The summed E-state index contributed by atoms with van der Waals surface area (Å²) in [7, 11) is 0. The third-order valence-electron chi connectivity index (χ3n) is 2.71. The van der Waals surface area contributed by atoms with Gasteiger partial charge in [0.2, 0.25) is 0 Å². The van der Waals surface area contributed by atoms with Gasteiger partial charge in [0.1, 0.15) is 23.7 Å². The maximum absolute atomic E-state index is 13.2. The summed E-state index contributed by atoms with van der Waals surface area (Å²) < 4.78 is 26.3. The molecule has 0 radical (unpaired) electrons. The Morgan fingerprint density at radius 2 is 1.85 bits per heavy atom. The minimum absolute atomic E-state index is 0.135. The third kappa shape index (κ3) is 2.90. The van der Waals surface area contributed by atoms with E-state index in [1.165, 1.54) is 30.3 Å². The second-order valence-corrected chi connectivity index (χ2v) is 4.07. The van der Waals surface area contributed by atoms with E-state index in [-0.39, 0.29) is 5.56 Å². The van der Waals surface area contributed by atoms with Crippen LogP contribution in [0.1, 0.15) is 17.2 Å². The summed E-state index contributed by atoms with van der Waals surface area (Å²) in [5, 5.41) is 20.8. The molecule has 0 saturated heterocycles. The third-order valence-corrected chi connectivity index (χ3v) is 2.71. The zero-order valence-electron chi connectivity index (χ0n) is 10.3. The Hall–Kier alpha value is -2.92. The summed E-state index contributed by atoms with van der Waals surface area (Å²) in [5.74, 6) is -1.07. The van der Waals surface area contributed by atoms with Crippen molar-refractivity contribution in [1.82, 2.24) is 0 Å². The molecule has 98 valence electrons. The summed E-state index contributed by atoms with van der Waals surface area (Å²) in [5.41, 5.74) is 0.734. The number of nitriles is 2. The van der Waals surface area contributed by atoms with Gasteiger partial charge in [0.05, 0.1) is 11.6 Å².